The first-order chi connectivity index (χ1) is 8.43. The van der Waals surface area contributed by atoms with Crippen LogP contribution < -0.4 is 0 Å². The lowest BCUT2D eigenvalue weighted by molar-refractivity contribution is 0.299. The van der Waals surface area contributed by atoms with Crippen molar-refractivity contribution in [2.75, 3.05) is 6.61 Å². The molecular formula is C16H28O. The van der Waals surface area contributed by atoms with Crippen LogP contribution in [0.5, 0.6) is 0 Å². The van der Waals surface area contributed by atoms with Crippen LogP contribution in [0.15, 0.2) is 30.3 Å². The fraction of sp³-hybridized carbons (Fsp3) is 0.500. The van der Waals surface area contributed by atoms with Crippen molar-refractivity contribution in [3.63, 3.8) is 0 Å². The van der Waals surface area contributed by atoms with E-state index >= 15 is 0 Å². The summed E-state index contributed by atoms with van der Waals surface area (Å²) in [6.07, 6.45) is 2.60. The van der Waals surface area contributed by atoms with Gasteiger partial charge in [-0.15, -0.1) is 0 Å². The zero-order chi connectivity index (χ0) is 13.9. The fourth-order valence-corrected chi connectivity index (χ4v) is 0.689. The van der Waals surface area contributed by atoms with Gasteiger partial charge in [-0.3, -0.25) is 0 Å². The van der Waals surface area contributed by atoms with Crippen LogP contribution in [0.3, 0.4) is 0 Å². The molecule has 0 heterocycles. The minimum atomic E-state index is 0.639. The summed E-state index contributed by atoms with van der Waals surface area (Å²) in [5, 5.41) is 0. The van der Waals surface area contributed by atoms with Crippen LogP contribution in [0.4, 0.5) is 0 Å². The molecule has 0 aliphatic rings. The van der Waals surface area contributed by atoms with Crippen LogP contribution >= 0.6 is 0 Å². The predicted octanol–water partition coefficient (Wildman–Crippen LogP) is 5.11. The van der Waals surface area contributed by atoms with E-state index in [-0.39, 0.29) is 0 Å². The summed E-state index contributed by atoms with van der Waals surface area (Å²) in [4.78, 5) is 0. The number of rotatable bonds is 1. The number of ether oxygens (including phenoxy) is 1. The average molecular weight is 236 g/mol. The molecule has 1 heteroatoms. The molecule has 0 fully saturated rings. The van der Waals surface area contributed by atoms with Gasteiger partial charge in [0.1, 0.15) is 6.11 Å². The summed E-state index contributed by atoms with van der Waals surface area (Å²) in [7, 11) is 0. The quantitative estimate of drug-likeness (QED) is 0.616. The van der Waals surface area contributed by atoms with E-state index in [0.29, 0.717) is 6.61 Å². The lowest BCUT2D eigenvalue weighted by Crippen LogP contribution is -1.77. The standard InChI is InChI=1S/C10H10O.3C2H6/c1-2-11-9-8-10-6-4-3-5-7-10;3*1-2/h3-7H,2H2,1H3;3*1-2H3. The maximum absolute atomic E-state index is 4.88. The number of hydrogen-bond donors (Lipinski definition) is 0. The number of benzene rings is 1. The van der Waals surface area contributed by atoms with E-state index in [2.05, 4.69) is 12.0 Å². The van der Waals surface area contributed by atoms with Crippen LogP contribution in [0, 0.1) is 12.0 Å². The highest BCUT2D eigenvalue weighted by molar-refractivity contribution is 5.32. The van der Waals surface area contributed by atoms with Gasteiger partial charge < -0.3 is 4.74 Å². The molecule has 0 saturated heterocycles. The largest absolute Gasteiger partial charge is 0.447 e. The first-order valence-electron chi connectivity index (χ1n) is 6.61. The molecule has 0 radical (unpaired) electrons. The van der Waals surface area contributed by atoms with Gasteiger partial charge in [0.2, 0.25) is 0 Å². The molecule has 0 N–H and O–H groups in total. The van der Waals surface area contributed by atoms with Crippen molar-refractivity contribution in [1.82, 2.24) is 0 Å². The molecule has 0 unspecified atom stereocenters. The Morgan fingerprint density at radius 3 is 1.76 bits per heavy atom. The maximum Gasteiger partial charge on any atom is 0.115 e. The highest BCUT2D eigenvalue weighted by Crippen LogP contribution is 1.94. The molecule has 0 aliphatic heterocycles. The molecule has 1 nitrogen and oxygen atoms in total. The molecule has 1 aromatic carbocycles. The Morgan fingerprint density at radius 1 is 0.882 bits per heavy atom. The van der Waals surface area contributed by atoms with E-state index in [1.54, 1.807) is 0 Å². The van der Waals surface area contributed by atoms with Crippen LogP contribution in [-0.2, 0) is 4.74 Å². The van der Waals surface area contributed by atoms with E-state index in [4.69, 9.17) is 4.74 Å². The molecule has 0 saturated carbocycles. The van der Waals surface area contributed by atoms with Gasteiger partial charge in [0.15, 0.2) is 0 Å². The zero-order valence-corrected chi connectivity index (χ0v) is 12.5. The molecule has 0 aliphatic carbocycles. The van der Waals surface area contributed by atoms with Gasteiger partial charge in [-0.25, -0.2) is 0 Å². The Bertz CT molecular complexity index is 254. The normalized spacial score (nSPS) is 6.29. The van der Waals surface area contributed by atoms with Crippen LogP contribution in [0.25, 0.3) is 0 Å². The highest BCUT2D eigenvalue weighted by atomic mass is 16.5. The predicted molar refractivity (Wildman–Crippen MR) is 79.0 cm³/mol. The molecule has 1 aromatic rings. The van der Waals surface area contributed by atoms with Crippen molar-refractivity contribution in [1.29, 1.82) is 0 Å². The van der Waals surface area contributed by atoms with Gasteiger partial charge in [0.05, 0.1) is 6.61 Å². The Balaban J connectivity index is -0.000000285. The zero-order valence-electron chi connectivity index (χ0n) is 12.5. The third kappa shape index (κ3) is 17.2. The Hall–Kier alpha value is -1.42. The van der Waals surface area contributed by atoms with E-state index in [0.717, 1.165) is 5.56 Å². The summed E-state index contributed by atoms with van der Waals surface area (Å²) in [6.45, 7) is 14.6. The minimum Gasteiger partial charge on any atom is -0.447 e. The monoisotopic (exact) mass is 236 g/mol. The third-order valence-corrected chi connectivity index (χ3v) is 1.19. The van der Waals surface area contributed by atoms with Crippen molar-refractivity contribution >= 4 is 0 Å². The minimum absolute atomic E-state index is 0.639. The highest BCUT2D eigenvalue weighted by Gasteiger charge is 1.79. The van der Waals surface area contributed by atoms with Crippen LogP contribution in [-0.4, -0.2) is 6.61 Å². The fourth-order valence-electron chi connectivity index (χ4n) is 0.689. The molecule has 0 aromatic heterocycles. The molecule has 98 valence electrons. The Kier molecular flexibility index (Phi) is 29.6. The van der Waals surface area contributed by atoms with E-state index < -0.39 is 0 Å². The van der Waals surface area contributed by atoms with E-state index in [9.17, 15) is 0 Å². The van der Waals surface area contributed by atoms with Gasteiger partial charge in [-0.05, 0) is 25.0 Å². The SMILES string of the molecule is CC.CC.CC.CCOC#Cc1ccccc1. The van der Waals surface area contributed by atoms with Crippen molar-refractivity contribution < 1.29 is 4.74 Å². The van der Waals surface area contributed by atoms with Crippen molar-refractivity contribution in [2.45, 2.75) is 48.5 Å². The number of hydrogen-bond acceptors (Lipinski definition) is 1. The topological polar surface area (TPSA) is 9.23 Å². The maximum atomic E-state index is 4.88. The second-order valence-corrected chi connectivity index (χ2v) is 2.03. The first kappa shape index (κ1) is 20.9. The van der Waals surface area contributed by atoms with Gasteiger partial charge in [-0.1, -0.05) is 59.7 Å². The molecule has 17 heavy (non-hydrogen) atoms. The third-order valence-electron chi connectivity index (χ3n) is 1.19. The van der Waals surface area contributed by atoms with E-state index in [1.807, 2.05) is 78.8 Å². The van der Waals surface area contributed by atoms with E-state index in [1.165, 1.54) is 0 Å². The summed E-state index contributed by atoms with van der Waals surface area (Å²) >= 11 is 0. The van der Waals surface area contributed by atoms with Crippen LogP contribution in [0.1, 0.15) is 54.0 Å². The second kappa shape index (κ2) is 24.0. The first-order valence-corrected chi connectivity index (χ1v) is 6.61. The Labute approximate surface area is 108 Å². The lowest BCUT2D eigenvalue weighted by atomic mass is 10.2. The van der Waals surface area contributed by atoms with Gasteiger partial charge in [0, 0.05) is 5.56 Å². The smallest absolute Gasteiger partial charge is 0.115 e. The lowest BCUT2D eigenvalue weighted by Gasteiger charge is -1.87. The molecule has 0 spiro atoms. The second-order valence-electron chi connectivity index (χ2n) is 2.03. The van der Waals surface area contributed by atoms with Crippen molar-refractivity contribution in [3.8, 4) is 12.0 Å². The van der Waals surface area contributed by atoms with Crippen LogP contribution in [0.2, 0.25) is 0 Å². The summed E-state index contributed by atoms with van der Waals surface area (Å²) in [6, 6.07) is 9.77. The van der Waals surface area contributed by atoms with Crippen molar-refractivity contribution in [3.05, 3.63) is 35.9 Å². The van der Waals surface area contributed by atoms with Gasteiger partial charge in [-0.2, -0.15) is 0 Å². The average Bonchev–Trinajstić information content (AvgIpc) is 2.47. The summed E-state index contributed by atoms with van der Waals surface area (Å²) in [5.74, 6) is 2.87. The van der Waals surface area contributed by atoms with Gasteiger partial charge in [0.25, 0.3) is 0 Å². The molecular weight excluding hydrogens is 208 g/mol. The molecule has 0 atom stereocenters. The summed E-state index contributed by atoms with van der Waals surface area (Å²) < 4.78 is 4.88. The molecule has 0 amide bonds. The van der Waals surface area contributed by atoms with Gasteiger partial charge >= 0.3 is 0 Å². The Morgan fingerprint density at radius 2 is 1.35 bits per heavy atom. The summed E-state index contributed by atoms with van der Waals surface area (Å²) in [5.41, 5.74) is 0.987. The molecule has 0 bridgehead atoms. The molecule has 1 rings (SSSR count). The van der Waals surface area contributed by atoms with Crippen molar-refractivity contribution in [2.24, 2.45) is 0 Å².